The van der Waals surface area contributed by atoms with Crippen LogP contribution in [0.15, 0.2) is 18.5 Å². The standard InChI is InChI=1S/C26H32F2N8O3/c1-5-35-13-21-17(25(38-6-2)33-36(21)12-15(3)37)7-8-20-18-9-16(10-29-24(18)32-31-20)19-11-30-34(4)26(19)39-22(14-35)23(27)28/h7-11,15,22-23,37H,5-6,12-14H2,1-4H3,(H,29,31,32)/b8-7+/t15-,22+/m0/s1. The summed E-state index contributed by atoms with van der Waals surface area (Å²) in [7, 11) is 1.65. The number of aryl methyl sites for hydroxylation is 1. The number of pyridine rings is 1. The molecule has 11 nitrogen and oxygen atoms in total. The zero-order chi connectivity index (χ0) is 27.7. The molecule has 2 atom stereocenters. The van der Waals surface area contributed by atoms with Gasteiger partial charge in [0.2, 0.25) is 11.8 Å². The van der Waals surface area contributed by atoms with Gasteiger partial charge < -0.3 is 14.6 Å². The molecule has 4 aromatic heterocycles. The van der Waals surface area contributed by atoms with Crippen LogP contribution in [0.5, 0.6) is 11.8 Å². The summed E-state index contributed by atoms with van der Waals surface area (Å²) in [5.74, 6) is 0.624. The van der Waals surface area contributed by atoms with Crippen LogP contribution >= 0.6 is 0 Å². The van der Waals surface area contributed by atoms with E-state index in [1.165, 1.54) is 4.68 Å². The van der Waals surface area contributed by atoms with Crippen molar-refractivity contribution in [1.82, 2.24) is 39.6 Å². The number of H-pyrrole nitrogens is 1. The number of aromatic nitrogens is 7. The molecule has 0 radical (unpaired) electrons. The van der Waals surface area contributed by atoms with Crippen molar-refractivity contribution in [2.45, 2.75) is 52.5 Å². The van der Waals surface area contributed by atoms with Crippen molar-refractivity contribution < 1.29 is 23.4 Å². The van der Waals surface area contributed by atoms with Gasteiger partial charge in [0.25, 0.3) is 6.43 Å². The fourth-order valence-electron chi connectivity index (χ4n) is 4.67. The van der Waals surface area contributed by atoms with Crippen LogP contribution in [0, 0.1) is 0 Å². The lowest BCUT2D eigenvalue weighted by Crippen LogP contribution is -2.40. The first kappa shape index (κ1) is 26.8. The molecule has 2 bridgehead atoms. The second-order valence-electron chi connectivity index (χ2n) is 9.50. The molecule has 0 aromatic carbocycles. The molecule has 0 saturated heterocycles. The molecule has 0 fully saturated rings. The smallest absolute Gasteiger partial charge is 0.276 e. The van der Waals surface area contributed by atoms with Gasteiger partial charge in [-0.05, 0) is 38.6 Å². The summed E-state index contributed by atoms with van der Waals surface area (Å²) in [4.78, 5) is 6.33. The van der Waals surface area contributed by atoms with Gasteiger partial charge in [0.05, 0.1) is 48.0 Å². The highest BCUT2D eigenvalue weighted by Crippen LogP contribution is 2.34. The van der Waals surface area contributed by atoms with Crippen LogP contribution in [-0.2, 0) is 20.1 Å². The van der Waals surface area contributed by atoms with E-state index >= 15 is 0 Å². The SMILES string of the molecule is CCOc1nn(C[C@H](C)O)c2c1/C=C/c1[nH]nc3ncc(cc13)-c1cnn(C)c1O[C@@H](C(F)F)CN(CC)C2. The lowest BCUT2D eigenvalue weighted by atomic mass is 10.1. The minimum atomic E-state index is -2.75. The topological polar surface area (TPSA) is 119 Å². The summed E-state index contributed by atoms with van der Waals surface area (Å²) in [5.41, 5.74) is 3.85. The van der Waals surface area contributed by atoms with Crippen LogP contribution < -0.4 is 9.47 Å². The number of aromatic amines is 1. The normalized spacial score (nSPS) is 17.9. The summed E-state index contributed by atoms with van der Waals surface area (Å²) in [5, 5.41) is 27.1. The quantitative estimate of drug-likeness (QED) is 0.381. The largest absolute Gasteiger partial charge is 0.476 e. The maximum absolute atomic E-state index is 14.4. The average Bonchev–Trinajstić information content (AvgIpc) is 3.56. The van der Waals surface area contributed by atoms with Gasteiger partial charge >= 0.3 is 0 Å². The van der Waals surface area contributed by atoms with Gasteiger partial charge in [-0.1, -0.05) is 6.92 Å². The zero-order valence-electron chi connectivity index (χ0n) is 22.3. The van der Waals surface area contributed by atoms with Crippen molar-refractivity contribution in [3.63, 3.8) is 0 Å². The predicted molar refractivity (Wildman–Crippen MR) is 141 cm³/mol. The number of hydrogen-bond acceptors (Lipinski definition) is 8. The van der Waals surface area contributed by atoms with Crippen molar-refractivity contribution in [3.8, 4) is 22.9 Å². The second-order valence-corrected chi connectivity index (χ2v) is 9.50. The second kappa shape index (κ2) is 11.1. The number of ether oxygens (including phenoxy) is 2. The Morgan fingerprint density at radius 1 is 1.26 bits per heavy atom. The Bertz CT molecular complexity index is 1480. The molecule has 2 N–H and O–H groups in total. The first-order valence-electron chi connectivity index (χ1n) is 12.9. The highest BCUT2D eigenvalue weighted by molar-refractivity contribution is 5.90. The molecule has 0 aliphatic carbocycles. The third-order valence-corrected chi connectivity index (χ3v) is 6.64. The lowest BCUT2D eigenvalue weighted by Gasteiger charge is -2.27. The molecule has 39 heavy (non-hydrogen) atoms. The Morgan fingerprint density at radius 2 is 2.08 bits per heavy atom. The highest BCUT2D eigenvalue weighted by Gasteiger charge is 2.30. The molecule has 13 heteroatoms. The Hall–Kier alpha value is -3.84. The Morgan fingerprint density at radius 3 is 2.79 bits per heavy atom. The Labute approximate surface area is 224 Å². The van der Waals surface area contributed by atoms with Gasteiger partial charge in [-0.15, -0.1) is 5.10 Å². The van der Waals surface area contributed by atoms with E-state index in [1.807, 2.05) is 37.0 Å². The molecule has 1 aliphatic heterocycles. The number of halogens is 2. The number of rotatable bonds is 6. The Kier molecular flexibility index (Phi) is 7.62. The van der Waals surface area contributed by atoms with Crippen molar-refractivity contribution in [3.05, 3.63) is 35.4 Å². The molecule has 0 amide bonds. The average molecular weight is 543 g/mol. The van der Waals surface area contributed by atoms with Crippen LogP contribution in [0.25, 0.3) is 34.3 Å². The lowest BCUT2D eigenvalue weighted by molar-refractivity contribution is -0.0128. The molecule has 5 heterocycles. The summed E-state index contributed by atoms with van der Waals surface area (Å²) in [6, 6.07) is 1.88. The van der Waals surface area contributed by atoms with Crippen LogP contribution in [-0.4, -0.2) is 83.1 Å². The molecular formula is C26H32F2N8O3. The molecule has 5 rings (SSSR count). The van der Waals surface area contributed by atoms with Gasteiger partial charge in [-0.3, -0.25) is 14.7 Å². The van der Waals surface area contributed by atoms with Crippen LogP contribution in [0.2, 0.25) is 0 Å². The zero-order valence-corrected chi connectivity index (χ0v) is 22.3. The fourth-order valence-corrected chi connectivity index (χ4v) is 4.67. The predicted octanol–water partition coefficient (Wildman–Crippen LogP) is 3.35. The highest BCUT2D eigenvalue weighted by atomic mass is 19.3. The van der Waals surface area contributed by atoms with E-state index in [4.69, 9.17) is 9.47 Å². The van der Waals surface area contributed by atoms with Gasteiger partial charge in [0, 0.05) is 37.3 Å². The van der Waals surface area contributed by atoms with E-state index in [-0.39, 0.29) is 25.5 Å². The van der Waals surface area contributed by atoms with E-state index in [0.717, 1.165) is 11.1 Å². The van der Waals surface area contributed by atoms with Gasteiger partial charge in [-0.25, -0.2) is 18.4 Å². The fraction of sp³-hybridized carbons (Fsp3) is 0.462. The number of nitrogens with one attached hydrogen (secondary N) is 1. The monoisotopic (exact) mass is 542 g/mol. The van der Waals surface area contributed by atoms with Gasteiger partial charge in [0.1, 0.15) is 0 Å². The summed E-state index contributed by atoms with van der Waals surface area (Å²) in [6.45, 7) is 6.74. The van der Waals surface area contributed by atoms with Gasteiger partial charge in [-0.2, -0.15) is 10.2 Å². The molecular weight excluding hydrogens is 510 g/mol. The Balaban J connectivity index is 1.72. The molecule has 208 valence electrons. The summed E-state index contributed by atoms with van der Waals surface area (Å²) < 4.78 is 43.7. The number of fused-ring (bicyclic) bond motifs is 4. The number of aliphatic hydroxyl groups excluding tert-OH is 1. The number of nitrogens with zero attached hydrogens (tertiary/aromatic N) is 7. The minimum Gasteiger partial charge on any atom is -0.476 e. The number of aliphatic hydroxyl groups is 1. The maximum atomic E-state index is 14.4. The van der Waals surface area contributed by atoms with E-state index in [9.17, 15) is 13.9 Å². The van der Waals surface area contributed by atoms with E-state index in [1.54, 1.807) is 31.0 Å². The van der Waals surface area contributed by atoms with Crippen LogP contribution in [0.4, 0.5) is 8.78 Å². The van der Waals surface area contributed by atoms with Crippen LogP contribution in [0.1, 0.15) is 37.7 Å². The van der Waals surface area contributed by atoms with E-state index in [2.05, 4.69) is 25.4 Å². The van der Waals surface area contributed by atoms with Crippen LogP contribution in [0.3, 0.4) is 0 Å². The molecule has 0 spiro atoms. The van der Waals surface area contributed by atoms with Gasteiger partial charge in [0.15, 0.2) is 11.8 Å². The number of hydrogen-bond donors (Lipinski definition) is 2. The third kappa shape index (κ3) is 5.36. The van der Waals surface area contributed by atoms with E-state index < -0.39 is 18.6 Å². The molecule has 0 saturated carbocycles. The van der Waals surface area contributed by atoms with Crippen molar-refractivity contribution in [1.29, 1.82) is 0 Å². The third-order valence-electron chi connectivity index (χ3n) is 6.64. The first-order chi connectivity index (χ1) is 18.8. The first-order valence-corrected chi connectivity index (χ1v) is 12.9. The molecule has 0 unspecified atom stereocenters. The summed E-state index contributed by atoms with van der Waals surface area (Å²) in [6.07, 6.45) is 2.09. The number of likely N-dealkylation sites (N-methyl/N-ethyl adjacent to an activating group) is 1. The molecule has 1 aliphatic rings. The van der Waals surface area contributed by atoms with Crippen molar-refractivity contribution in [2.24, 2.45) is 7.05 Å². The number of alkyl halides is 2. The van der Waals surface area contributed by atoms with Crippen molar-refractivity contribution in [2.75, 3.05) is 19.7 Å². The summed E-state index contributed by atoms with van der Waals surface area (Å²) >= 11 is 0. The molecule has 4 aromatic rings. The van der Waals surface area contributed by atoms with Crippen molar-refractivity contribution >= 4 is 23.2 Å². The maximum Gasteiger partial charge on any atom is 0.276 e. The van der Waals surface area contributed by atoms with E-state index in [0.29, 0.717) is 47.1 Å². The minimum absolute atomic E-state index is 0.0496.